The number of rotatable bonds is 6. The van der Waals surface area contributed by atoms with Crippen LogP contribution in [-0.2, 0) is 6.42 Å². The molecular formula is C29H32N6O3. The van der Waals surface area contributed by atoms with Crippen LogP contribution < -0.4 is 15.0 Å². The minimum absolute atomic E-state index is 0.117. The molecule has 0 radical (unpaired) electrons. The minimum atomic E-state index is -0.318. The Kier molecular flexibility index (Phi) is 6.08. The number of nitrogens with zero attached hydrogens (tertiary/aromatic N) is 5. The molecule has 0 spiro atoms. The number of tetrazole rings is 1. The first kappa shape index (κ1) is 23.4. The summed E-state index contributed by atoms with van der Waals surface area (Å²) in [6.45, 7) is 1.97. The van der Waals surface area contributed by atoms with Gasteiger partial charge in [-0.05, 0) is 79.2 Å². The molecule has 38 heavy (non-hydrogen) atoms. The van der Waals surface area contributed by atoms with Gasteiger partial charge in [-0.3, -0.25) is 9.69 Å². The Labute approximate surface area is 220 Å². The number of aromatic nitrogens is 5. The average Bonchev–Trinajstić information content (AvgIpc) is 3.72. The summed E-state index contributed by atoms with van der Waals surface area (Å²) in [4.78, 5) is 19.1. The molecule has 9 nitrogen and oxygen atoms in total. The van der Waals surface area contributed by atoms with E-state index in [1.165, 1.54) is 18.4 Å². The lowest BCUT2D eigenvalue weighted by molar-refractivity contribution is 0.141. The van der Waals surface area contributed by atoms with E-state index in [0.717, 1.165) is 61.9 Å². The molecule has 2 aromatic carbocycles. The molecule has 3 aliphatic rings. The fraction of sp³-hybridized carbons (Fsp3) is 0.448. The molecule has 4 heterocycles. The molecule has 2 aromatic heterocycles. The van der Waals surface area contributed by atoms with E-state index >= 15 is 0 Å². The molecule has 2 fully saturated rings. The Morgan fingerprint density at radius 2 is 1.74 bits per heavy atom. The molecule has 196 valence electrons. The van der Waals surface area contributed by atoms with Crippen LogP contribution in [0, 0.1) is 5.92 Å². The Bertz CT molecular complexity index is 1490. The smallest absolute Gasteiger partial charge is 0.253 e. The summed E-state index contributed by atoms with van der Waals surface area (Å²) < 4.78 is 13.1. The molecule has 1 saturated heterocycles. The summed E-state index contributed by atoms with van der Waals surface area (Å²) >= 11 is 0. The van der Waals surface area contributed by atoms with Gasteiger partial charge in [0.1, 0.15) is 6.04 Å². The fourth-order valence-corrected chi connectivity index (χ4v) is 6.47. The molecule has 7 rings (SSSR count). The third-order valence-corrected chi connectivity index (χ3v) is 8.48. The highest BCUT2D eigenvalue weighted by Gasteiger charge is 2.35. The number of likely N-dealkylation sites (tertiary alicyclic amines) is 1. The first-order valence-electron chi connectivity index (χ1n) is 13.8. The average molecular weight is 513 g/mol. The number of fused-ring (bicyclic) bond motifs is 2. The van der Waals surface area contributed by atoms with Crippen LogP contribution in [0.15, 0.2) is 53.3 Å². The Balaban J connectivity index is 1.25. The highest BCUT2D eigenvalue weighted by Crippen LogP contribution is 2.38. The van der Waals surface area contributed by atoms with Gasteiger partial charge in [-0.25, -0.2) is 4.68 Å². The van der Waals surface area contributed by atoms with Crippen molar-refractivity contribution >= 4 is 10.9 Å². The predicted octanol–water partition coefficient (Wildman–Crippen LogP) is 4.40. The molecule has 4 aromatic rings. The zero-order valence-corrected chi connectivity index (χ0v) is 21.4. The van der Waals surface area contributed by atoms with Crippen LogP contribution in [-0.4, -0.2) is 50.0 Å². The number of aromatic amines is 1. The van der Waals surface area contributed by atoms with Crippen molar-refractivity contribution in [3.8, 4) is 11.5 Å². The maximum absolute atomic E-state index is 13.6. The predicted molar refractivity (Wildman–Crippen MR) is 142 cm³/mol. The van der Waals surface area contributed by atoms with E-state index in [1.54, 1.807) is 0 Å². The summed E-state index contributed by atoms with van der Waals surface area (Å²) in [5.41, 5.74) is 2.68. The number of nitrogens with one attached hydrogen (secondary N) is 1. The van der Waals surface area contributed by atoms with Gasteiger partial charge in [-0.1, -0.05) is 43.2 Å². The van der Waals surface area contributed by atoms with Gasteiger partial charge < -0.3 is 14.5 Å². The topological polar surface area (TPSA) is 98.2 Å². The highest BCUT2D eigenvalue weighted by molar-refractivity contribution is 5.83. The summed E-state index contributed by atoms with van der Waals surface area (Å²) in [6.07, 6.45) is 7.74. The number of hydrogen-bond acceptors (Lipinski definition) is 7. The maximum Gasteiger partial charge on any atom is 0.253 e. The Morgan fingerprint density at radius 1 is 0.974 bits per heavy atom. The van der Waals surface area contributed by atoms with Crippen molar-refractivity contribution in [1.29, 1.82) is 0 Å². The summed E-state index contributed by atoms with van der Waals surface area (Å²) in [7, 11) is 0. The van der Waals surface area contributed by atoms with E-state index in [2.05, 4.69) is 55.7 Å². The number of piperidine rings is 1. The van der Waals surface area contributed by atoms with Crippen molar-refractivity contribution in [2.24, 2.45) is 5.92 Å². The number of benzene rings is 2. The van der Waals surface area contributed by atoms with Crippen LogP contribution in [0.3, 0.4) is 0 Å². The molecule has 1 saturated carbocycles. The molecular weight excluding hydrogens is 480 g/mol. The number of pyridine rings is 1. The zero-order chi connectivity index (χ0) is 25.5. The van der Waals surface area contributed by atoms with E-state index in [1.807, 2.05) is 22.9 Å². The van der Waals surface area contributed by atoms with Crippen LogP contribution in [0.1, 0.15) is 67.6 Å². The minimum Gasteiger partial charge on any atom is -0.454 e. The third-order valence-electron chi connectivity index (χ3n) is 8.48. The van der Waals surface area contributed by atoms with Gasteiger partial charge >= 0.3 is 0 Å². The van der Waals surface area contributed by atoms with E-state index in [-0.39, 0.29) is 24.4 Å². The molecule has 0 bridgehead atoms. The molecule has 0 amide bonds. The van der Waals surface area contributed by atoms with Crippen molar-refractivity contribution < 1.29 is 9.47 Å². The molecule has 1 atom stereocenters. The van der Waals surface area contributed by atoms with Gasteiger partial charge in [0.05, 0.1) is 11.6 Å². The Morgan fingerprint density at radius 3 is 2.53 bits per heavy atom. The fourth-order valence-electron chi connectivity index (χ4n) is 6.47. The summed E-state index contributed by atoms with van der Waals surface area (Å²) in [6, 6.07) is 16.5. The standard InChI is InChI=1S/C29H32N6O3/c36-29-23(15-21-16-25-26(38-18-37-25)17-24(21)30-29)27(28-31-32-33-35(28)22-8-4-5-9-22)34-12-10-20(11-13-34)14-19-6-2-1-3-7-19/h1-3,6-7,15-17,20,22,27H,4-5,8-14,18H2,(H,30,36)/t27-/m0/s1. The normalized spacial score (nSPS) is 19.4. The van der Waals surface area contributed by atoms with Crippen LogP contribution in [0.4, 0.5) is 0 Å². The molecule has 2 aliphatic heterocycles. The Hall–Kier alpha value is -3.72. The van der Waals surface area contributed by atoms with Gasteiger partial charge in [0.15, 0.2) is 17.3 Å². The van der Waals surface area contributed by atoms with Gasteiger partial charge in [-0.15, -0.1) is 5.10 Å². The lowest BCUT2D eigenvalue weighted by Crippen LogP contribution is -2.41. The second kappa shape index (κ2) is 9.87. The van der Waals surface area contributed by atoms with E-state index in [4.69, 9.17) is 9.47 Å². The largest absolute Gasteiger partial charge is 0.454 e. The lowest BCUT2D eigenvalue weighted by Gasteiger charge is -2.37. The van der Waals surface area contributed by atoms with Gasteiger partial charge in [0.2, 0.25) is 6.79 Å². The summed E-state index contributed by atoms with van der Waals surface area (Å²) in [5, 5.41) is 14.0. The first-order chi connectivity index (χ1) is 18.7. The van der Waals surface area contributed by atoms with Gasteiger partial charge in [-0.2, -0.15) is 0 Å². The van der Waals surface area contributed by atoms with Crippen molar-refractivity contribution in [1.82, 2.24) is 30.1 Å². The SMILES string of the molecule is O=c1[nH]c2cc3c(cc2cc1[C@@H](c1nnnn1C1CCCC1)N1CCC(Cc2ccccc2)CC1)OCO3. The molecule has 1 N–H and O–H groups in total. The molecule has 9 heteroatoms. The number of ether oxygens (including phenoxy) is 2. The van der Waals surface area contributed by atoms with Crippen molar-refractivity contribution in [3.05, 3.63) is 75.8 Å². The van der Waals surface area contributed by atoms with E-state index in [0.29, 0.717) is 23.0 Å². The van der Waals surface area contributed by atoms with Crippen LogP contribution >= 0.6 is 0 Å². The first-order valence-corrected chi connectivity index (χ1v) is 13.8. The van der Waals surface area contributed by atoms with E-state index in [9.17, 15) is 4.79 Å². The van der Waals surface area contributed by atoms with E-state index < -0.39 is 0 Å². The monoisotopic (exact) mass is 512 g/mol. The van der Waals surface area contributed by atoms with Crippen molar-refractivity contribution in [2.45, 2.75) is 57.0 Å². The van der Waals surface area contributed by atoms with Crippen LogP contribution in [0.25, 0.3) is 10.9 Å². The quantitative estimate of drug-likeness (QED) is 0.409. The highest BCUT2D eigenvalue weighted by atomic mass is 16.7. The van der Waals surface area contributed by atoms with Crippen LogP contribution in [0.2, 0.25) is 0 Å². The van der Waals surface area contributed by atoms with Crippen molar-refractivity contribution in [2.75, 3.05) is 19.9 Å². The molecule has 0 unspecified atom stereocenters. The molecule has 1 aliphatic carbocycles. The zero-order valence-electron chi connectivity index (χ0n) is 21.4. The van der Waals surface area contributed by atoms with Crippen LogP contribution in [0.5, 0.6) is 11.5 Å². The lowest BCUT2D eigenvalue weighted by atomic mass is 9.89. The number of hydrogen-bond donors (Lipinski definition) is 1. The second-order valence-corrected chi connectivity index (χ2v) is 10.8. The number of H-pyrrole nitrogens is 1. The third kappa shape index (κ3) is 4.34. The van der Waals surface area contributed by atoms with Crippen molar-refractivity contribution in [3.63, 3.8) is 0 Å². The summed E-state index contributed by atoms with van der Waals surface area (Å²) in [5.74, 6) is 2.74. The maximum atomic E-state index is 13.6. The van der Waals surface area contributed by atoms with Gasteiger partial charge in [0.25, 0.3) is 5.56 Å². The van der Waals surface area contributed by atoms with Gasteiger partial charge in [0, 0.05) is 17.0 Å². The second-order valence-electron chi connectivity index (χ2n) is 10.8.